The second kappa shape index (κ2) is 6.16. The van der Waals surface area contributed by atoms with Crippen LogP contribution in [0, 0.1) is 14.9 Å². The Morgan fingerprint density at radius 2 is 1.92 bits per heavy atom. The Morgan fingerprint density at radius 3 is 2.62 bits per heavy atom. The van der Waals surface area contributed by atoms with Gasteiger partial charge in [0.05, 0.1) is 23.2 Å². The van der Waals surface area contributed by atoms with Crippen LogP contribution >= 0.6 is 12.2 Å². The van der Waals surface area contributed by atoms with Crippen molar-refractivity contribution in [2.24, 2.45) is 0 Å². The fraction of sp³-hybridized carbons (Fsp3) is 0.0556. The zero-order chi connectivity index (χ0) is 18.3. The lowest BCUT2D eigenvalue weighted by Crippen LogP contribution is -1.95. The molecule has 128 valence electrons. The van der Waals surface area contributed by atoms with Crippen molar-refractivity contribution in [1.82, 2.24) is 15.0 Å². The number of nitro benzene ring substituents is 1. The fourth-order valence-corrected chi connectivity index (χ4v) is 3.13. The summed E-state index contributed by atoms with van der Waals surface area (Å²) in [6.07, 6.45) is 1.70. The number of hydrogen-bond donors (Lipinski definition) is 1. The molecule has 4 aromatic rings. The largest absolute Gasteiger partial charge is 0.494 e. The number of H-pyrrole nitrogens is 1. The van der Waals surface area contributed by atoms with E-state index in [0.717, 1.165) is 21.9 Å². The Hall–Kier alpha value is -3.39. The smallest absolute Gasteiger partial charge is 0.269 e. The van der Waals surface area contributed by atoms with Gasteiger partial charge in [-0.15, -0.1) is 0 Å². The first-order chi connectivity index (χ1) is 12.6. The van der Waals surface area contributed by atoms with Crippen molar-refractivity contribution < 1.29 is 9.66 Å². The molecule has 0 aliphatic heterocycles. The van der Waals surface area contributed by atoms with E-state index in [0.29, 0.717) is 21.7 Å². The predicted molar refractivity (Wildman–Crippen MR) is 101 cm³/mol. The summed E-state index contributed by atoms with van der Waals surface area (Å²) in [5.74, 6) is 0.664. The van der Waals surface area contributed by atoms with Crippen LogP contribution in [-0.4, -0.2) is 27.0 Å². The van der Waals surface area contributed by atoms with Gasteiger partial charge in [-0.25, -0.2) is 4.98 Å². The number of hydrogen-bond acceptors (Lipinski definition) is 6. The molecule has 2 aromatic heterocycles. The molecule has 7 nitrogen and oxygen atoms in total. The predicted octanol–water partition coefficient (Wildman–Crippen LogP) is 4.42. The average molecular weight is 364 g/mol. The molecule has 1 N–H and O–H groups in total. The number of aromatic amines is 1. The van der Waals surface area contributed by atoms with Gasteiger partial charge in [-0.05, 0) is 30.4 Å². The van der Waals surface area contributed by atoms with Crippen molar-refractivity contribution in [3.05, 3.63) is 63.5 Å². The van der Waals surface area contributed by atoms with E-state index < -0.39 is 4.92 Å². The Kier molecular flexibility index (Phi) is 3.81. The molecule has 0 radical (unpaired) electrons. The van der Waals surface area contributed by atoms with Crippen molar-refractivity contribution in [2.45, 2.75) is 0 Å². The molecular weight excluding hydrogens is 352 g/mol. The molecule has 0 aliphatic rings. The van der Waals surface area contributed by atoms with Gasteiger partial charge in [0.15, 0.2) is 4.77 Å². The maximum atomic E-state index is 10.9. The Morgan fingerprint density at radius 1 is 1.15 bits per heavy atom. The molecule has 0 saturated heterocycles. The first kappa shape index (κ1) is 16.1. The molecule has 2 heterocycles. The number of benzene rings is 2. The number of para-hydroxylation sites is 1. The average Bonchev–Trinajstić information content (AvgIpc) is 2.66. The van der Waals surface area contributed by atoms with Crippen LogP contribution in [0.5, 0.6) is 5.75 Å². The van der Waals surface area contributed by atoms with Crippen LogP contribution in [0.2, 0.25) is 0 Å². The summed E-state index contributed by atoms with van der Waals surface area (Å²) < 4.78 is 5.70. The third-order valence-electron chi connectivity index (χ3n) is 4.13. The molecule has 0 amide bonds. The topological polar surface area (TPSA) is 93.9 Å². The Bertz CT molecular complexity index is 1220. The molecule has 0 bridgehead atoms. The molecule has 0 fully saturated rings. The highest BCUT2D eigenvalue weighted by Gasteiger charge is 2.13. The zero-order valence-electron chi connectivity index (χ0n) is 13.6. The summed E-state index contributed by atoms with van der Waals surface area (Å²) in [6.45, 7) is 0. The number of nitro groups is 1. The highest BCUT2D eigenvalue weighted by Crippen LogP contribution is 2.33. The first-order valence-corrected chi connectivity index (χ1v) is 8.10. The first-order valence-electron chi connectivity index (χ1n) is 7.69. The van der Waals surface area contributed by atoms with Crippen molar-refractivity contribution >= 4 is 39.7 Å². The number of nitrogens with one attached hydrogen (secondary N) is 1. The summed E-state index contributed by atoms with van der Waals surface area (Å²) in [7, 11) is 1.59. The zero-order valence-corrected chi connectivity index (χ0v) is 14.4. The summed E-state index contributed by atoms with van der Waals surface area (Å²) >= 11 is 5.29. The lowest BCUT2D eigenvalue weighted by Gasteiger charge is -2.10. The standard InChI is InChI=1S/C18H12N4O3S/c1-25-14-4-2-3-12-16-13(9-19-17(12)14)15(20-18(26)21-16)10-5-7-11(8-6-10)22(23)24/h2-9H,1H3,(H,20,21,26). The second-order valence-electron chi connectivity index (χ2n) is 5.60. The van der Waals surface area contributed by atoms with Crippen LogP contribution in [-0.2, 0) is 0 Å². The van der Waals surface area contributed by atoms with Gasteiger partial charge in [0.2, 0.25) is 0 Å². The minimum Gasteiger partial charge on any atom is -0.494 e. The molecule has 2 aromatic carbocycles. The summed E-state index contributed by atoms with van der Waals surface area (Å²) in [4.78, 5) is 22.5. The number of methoxy groups -OCH3 is 1. The van der Waals surface area contributed by atoms with Gasteiger partial charge < -0.3 is 9.72 Å². The van der Waals surface area contributed by atoms with Crippen molar-refractivity contribution in [2.75, 3.05) is 7.11 Å². The van der Waals surface area contributed by atoms with Crippen LogP contribution in [0.15, 0.2) is 48.7 Å². The summed E-state index contributed by atoms with van der Waals surface area (Å²) in [5, 5.41) is 12.5. The molecule has 0 aliphatic carbocycles. The van der Waals surface area contributed by atoms with E-state index in [1.807, 2.05) is 18.2 Å². The van der Waals surface area contributed by atoms with E-state index >= 15 is 0 Å². The van der Waals surface area contributed by atoms with E-state index in [9.17, 15) is 10.1 Å². The number of rotatable bonds is 3. The van der Waals surface area contributed by atoms with Crippen molar-refractivity contribution in [3.8, 4) is 17.0 Å². The van der Waals surface area contributed by atoms with E-state index in [1.165, 1.54) is 12.1 Å². The van der Waals surface area contributed by atoms with Crippen LogP contribution in [0.1, 0.15) is 0 Å². The van der Waals surface area contributed by atoms with E-state index in [2.05, 4.69) is 15.0 Å². The number of ether oxygens (including phenoxy) is 1. The number of fused-ring (bicyclic) bond motifs is 3. The minimum atomic E-state index is -0.437. The molecule has 8 heteroatoms. The van der Waals surface area contributed by atoms with Gasteiger partial charge in [-0.1, -0.05) is 12.1 Å². The van der Waals surface area contributed by atoms with Crippen molar-refractivity contribution in [3.63, 3.8) is 0 Å². The highest BCUT2D eigenvalue weighted by atomic mass is 32.1. The van der Waals surface area contributed by atoms with Crippen LogP contribution in [0.25, 0.3) is 33.1 Å². The van der Waals surface area contributed by atoms with E-state index in [1.54, 1.807) is 25.4 Å². The maximum Gasteiger partial charge on any atom is 0.269 e. The van der Waals surface area contributed by atoms with Gasteiger partial charge in [0, 0.05) is 34.7 Å². The molecule has 0 saturated carbocycles. The quantitative estimate of drug-likeness (QED) is 0.250. The molecule has 4 rings (SSSR count). The summed E-state index contributed by atoms with van der Waals surface area (Å²) in [5.41, 5.74) is 2.88. The SMILES string of the molecule is COc1cccc2c1ncc1c(-c3ccc([N+](=O)[O-])cc3)nc(=S)[nH]c12. The van der Waals surface area contributed by atoms with Crippen molar-refractivity contribution in [1.29, 1.82) is 0 Å². The van der Waals surface area contributed by atoms with Crippen LogP contribution in [0.4, 0.5) is 5.69 Å². The number of nitrogens with zero attached hydrogens (tertiary/aromatic N) is 3. The van der Waals surface area contributed by atoms with E-state index in [-0.39, 0.29) is 5.69 Å². The number of pyridine rings is 1. The third kappa shape index (κ3) is 2.56. The Balaban J connectivity index is 2.03. The van der Waals surface area contributed by atoms with Gasteiger partial charge in [-0.3, -0.25) is 15.1 Å². The lowest BCUT2D eigenvalue weighted by molar-refractivity contribution is -0.384. The Labute approximate surface area is 152 Å². The number of non-ortho nitro benzene ring substituents is 1. The summed E-state index contributed by atoms with van der Waals surface area (Å²) in [6, 6.07) is 11.9. The van der Waals surface area contributed by atoms with E-state index in [4.69, 9.17) is 17.0 Å². The molecule has 0 atom stereocenters. The molecule has 0 spiro atoms. The lowest BCUT2D eigenvalue weighted by atomic mass is 10.1. The normalized spacial score (nSPS) is 11.0. The van der Waals surface area contributed by atoms with Gasteiger partial charge >= 0.3 is 0 Å². The molecule has 0 unspecified atom stereocenters. The second-order valence-corrected chi connectivity index (χ2v) is 5.98. The maximum absolute atomic E-state index is 10.9. The molecular formula is C18H12N4O3S. The number of aromatic nitrogens is 3. The van der Waals surface area contributed by atoms with Gasteiger partial charge in [0.25, 0.3) is 5.69 Å². The minimum absolute atomic E-state index is 0.0208. The van der Waals surface area contributed by atoms with Gasteiger partial charge in [0.1, 0.15) is 11.3 Å². The van der Waals surface area contributed by atoms with Crippen LogP contribution in [0.3, 0.4) is 0 Å². The highest BCUT2D eigenvalue weighted by molar-refractivity contribution is 7.71. The van der Waals surface area contributed by atoms with Gasteiger partial charge in [-0.2, -0.15) is 0 Å². The monoisotopic (exact) mass is 364 g/mol. The fourth-order valence-electron chi connectivity index (χ4n) is 2.93. The molecule has 26 heavy (non-hydrogen) atoms. The third-order valence-corrected chi connectivity index (χ3v) is 4.33. The van der Waals surface area contributed by atoms with Crippen LogP contribution < -0.4 is 4.74 Å².